The molecular formula is C26H44N4O8. The monoisotopic (exact) mass is 540 g/mol. The van der Waals surface area contributed by atoms with Gasteiger partial charge in [0.15, 0.2) is 0 Å². The highest BCUT2D eigenvalue weighted by molar-refractivity contribution is 6.01. The molecule has 1 aliphatic carbocycles. The molecule has 1 aliphatic rings. The second-order valence-electron chi connectivity index (χ2n) is 10.9. The summed E-state index contributed by atoms with van der Waals surface area (Å²) in [5.74, 6) is -1.21. The Morgan fingerprint density at radius 3 is 1.87 bits per heavy atom. The number of nitrogens with zero attached hydrogens (tertiary/aromatic N) is 1. The summed E-state index contributed by atoms with van der Waals surface area (Å²) in [6.45, 7) is 15.4. The van der Waals surface area contributed by atoms with Gasteiger partial charge in [0.2, 0.25) is 11.9 Å². The van der Waals surface area contributed by atoms with Gasteiger partial charge in [-0.3, -0.25) is 15.4 Å². The number of ether oxygens (including phenoxy) is 4. The normalized spacial score (nSPS) is 19.6. The number of guanidine groups is 1. The van der Waals surface area contributed by atoms with Crippen molar-refractivity contribution in [1.29, 1.82) is 0 Å². The third-order valence-corrected chi connectivity index (χ3v) is 5.17. The largest absolute Gasteiger partial charge is 0.466 e. The van der Waals surface area contributed by atoms with Gasteiger partial charge in [0.05, 0.1) is 31.4 Å². The first-order valence-electron chi connectivity index (χ1n) is 12.8. The van der Waals surface area contributed by atoms with Crippen molar-refractivity contribution in [2.75, 3.05) is 7.11 Å². The van der Waals surface area contributed by atoms with Gasteiger partial charge in [-0.1, -0.05) is 13.8 Å². The predicted octanol–water partition coefficient (Wildman–Crippen LogP) is 3.34. The first-order chi connectivity index (χ1) is 17.5. The average Bonchev–Trinajstić information content (AvgIpc) is 2.75. The van der Waals surface area contributed by atoms with E-state index in [-0.39, 0.29) is 30.0 Å². The fraction of sp³-hybridized carbons (Fsp3) is 0.731. The van der Waals surface area contributed by atoms with Crippen LogP contribution < -0.4 is 16.0 Å². The van der Waals surface area contributed by atoms with Crippen molar-refractivity contribution in [2.24, 2.45) is 4.99 Å². The molecule has 3 amide bonds. The lowest BCUT2D eigenvalue weighted by atomic mass is 9.88. The molecule has 0 bridgehead atoms. The second-order valence-corrected chi connectivity index (χ2v) is 10.9. The Hall–Kier alpha value is -3.15. The lowest BCUT2D eigenvalue weighted by Crippen LogP contribution is -2.55. The van der Waals surface area contributed by atoms with Crippen molar-refractivity contribution >= 4 is 30.0 Å². The molecule has 0 fully saturated rings. The number of carbonyl (C=O) groups excluding carboxylic acids is 4. The molecule has 0 aromatic heterocycles. The van der Waals surface area contributed by atoms with Gasteiger partial charge >= 0.3 is 18.2 Å². The van der Waals surface area contributed by atoms with Crippen LogP contribution in [0.2, 0.25) is 0 Å². The van der Waals surface area contributed by atoms with Crippen LogP contribution in [-0.2, 0) is 28.5 Å². The predicted molar refractivity (Wildman–Crippen MR) is 142 cm³/mol. The van der Waals surface area contributed by atoms with Crippen LogP contribution in [0.15, 0.2) is 16.6 Å². The van der Waals surface area contributed by atoms with Crippen molar-refractivity contribution in [2.45, 2.75) is 117 Å². The van der Waals surface area contributed by atoms with Gasteiger partial charge in [-0.25, -0.2) is 19.4 Å². The van der Waals surface area contributed by atoms with Crippen LogP contribution in [0.1, 0.15) is 81.6 Å². The molecule has 12 nitrogen and oxygen atoms in total. The van der Waals surface area contributed by atoms with E-state index in [1.54, 1.807) is 41.5 Å². The molecule has 3 N–H and O–H groups in total. The number of methoxy groups -OCH3 is 1. The van der Waals surface area contributed by atoms with Crippen molar-refractivity contribution in [3.05, 3.63) is 11.6 Å². The number of hydrogen-bond donors (Lipinski definition) is 3. The van der Waals surface area contributed by atoms with Gasteiger partial charge in [0, 0.05) is 18.9 Å². The number of nitrogens with one attached hydrogen (secondary N) is 3. The number of esters is 1. The van der Waals surface area contributed by atoms with Crippen LogP contribution in [0.25, 0.3) is 0 Å². The molecular weight excluding hydrogens is 496 g/mol. The zero-order chi connectivity index (χ0) is 29.3. The third kappa shape index (κ3) is 11.9. The Morgan fingerprint density at radius 1 is 0.974 bits per heavy atom. The van der Waals surface area contributed by atoms with E-state index in [4.69, 9.17) is 18.9 Å². The lowest BCUT2D eigenvalue weighted by molar-refractivity contribution is -0.137. The highest BCUT2D eigenvalue weighted by atomic mass is 16.6. The molecule has 0 spiro atoms. The number of rotatable bonds is 7. The van der Waals surface area contributed by atoms with E-state index in [0.29, 0.717) is 0 Å². The number of alkyl carbamates (subject to hydrolysis) is 2. The van der Waals surface area contributed by atoms with Gasteiger partial charge in [-0.15, -0.1) is 0 Å². The smallest absolute Gasteiger partial charge is 0.414 e. The van der Waals surface area contributed by atoms with Crippen LogP contribution in [0, 0.1) is 0 Å². The van der Waals surface area contributed by atoms with Crippen LogP contribution in [0.4, 0.5) is 9.59 Å². The molecule has 3 atom stereocenters. The minimum absolute atomic E-state index is 0.128. The first kappa shape index (κ1) is 32.9. The fourth-order valence-electron chi connectivity index (χ4n) is 3.66. The molecule has 1 rings (SSSR count). The van der Waals surface area contributed by atoms with Crippen LogP contribution in [0.5, 0.6) is 0 Å². The SMILES string of the molecule is CCC(CC)O[C@@H]1CC(C(=O)OC)=C[C@H](N=C(NC(=O)OC(C)(C)C)NC(=O)OC(C)(C)C)[C@H]1NC(C)=O. The van der Waals surface area contributed by atoms with E-state index >= 15 is 0 Å². The first-order valence-corrected chi connectivity index (χ1v) is 12.8. The maximum Gasteiger partial charge on any atom is 0.414 e. The highest BCUT2D eigenvalue weighted by Gasteiger charge is 2.38. The Morgan fingerprint density at radius 2 is 1.47 bits per heavy atom. The maximum atomic E-state index is 12.6. The Bertz CT molecular complexity index is 881. The molecule has 0 radical (unpaired) electrons. The molecule has 0 saturated carbocycles. The quantitative estimate of drug-likeness (QED) is 0.192. The summed E-state index contributed by atoms with van der Waals surface area (Å²) in [5.41, 5.74) is -1.36. The molecule has 216 valence electrons. The zero-order valence-corrected chi connectivity index (χ0v) is 24.2. The van der Waals surface area contributed by atoms with Crippen LogP contribution >= 0.6 is 0 Å². The molecule has 38 heavy (non-hydrogen) atoms. The van der Waals surface area contributed by atoms with Crippen molar-refractivity contribution in [3.8, 4) is 0 Å². The Balaban J connectivity index is 3.56. The number of hydrogen-bond acceptors (Lipinski definition) is 9. The number of aliphatic imine (C=N–C) groups is 1. The van der Waals surface area contributed by atoms with E-state index in [1.165, 1.54) is 20.1 Å². The van der Waals surface area contributed by atoms with Gasteiger partial charge in [-0.05, 0) is 60.5 Å². The molecule has 0 aliphatic heterocycles. The molecule has 0 heterocycles. The summed E-state index contributed by atoms with van der Waals surface area (Å²) in [5, 5.41) is 7.70. The minimum Gasteiger partial charge on any atom is -0.466 e. The minimum atomic E-state index is -0.930. The Kier molecular flexibility index (Phi) is 12.2. The van der Waals surface area contributed by atoms with Crippen LogP contribution in [-0.4, -0.2) is 72.6 Å². The number of amides is 3. The molecule has 0 saturated heterocycles. The van der Waals surface area contributed by atoms with Gasteiger partial charge in [0.25, 0.3) is 0 Å². The summed E-state index contributed by atoms with van der Waals surface area (Å²) in [6, 6.07) is -1.65. The van der Waals surface area contributed by atoms with Gasteiger partial charge in [0.1, 0.15) is 11.2 Å². The summed E-state index contributed by atoms with van der Waals surface area (Å²) < 4.78 is 21.8. The summed E-state index contributed by atoms with van der Waals surface area (Å²) in [7, 11) is 1.26. The molecule has 0 aromatic rings. The topological polar surface area (TPSA) is 154 Å². The van der Waals surface area contributed by atoms with E-state index in [2.05, 4.69) is 20.9 Å². The lowest BCUT2D eigenvalue weighted by Gasteiger charge is -2.37. The average molecular weight is 541 g/mol. The van der Waals surface area contributed by atoms with Gasteiger partial charge in [-0.2, -0.15) is 0 Å². The van der Waals surface area contributed by atoms with E-state index in [0.717, 1.165) is 12.8 Å². The highest BCUT2D eigenvalue weighted by Crippen LogP contribution is 2.27. The van der Waals surface area contributed by atoms with Gasteiger partial charge < -0.3 is 24.3 Å². The second kappa shape index (κ2) is 14.1. The summed E-state index contributed by atoms with van der Waals surface area (Å²) in [4.78, 5) is 54.3. The van der Waals surface area contributed by atoms with Crippen molar-refractivity contribution < 1.29 is 38.1 Å². The molecule has 12 heteroatoms. The standard InChI is InChI=1S/C26H44N4O8/c1-11-17(12-2)36-19-14-16(21(32)35-10)13-18(20(19)27-15(3)31)28-22(29-23(33)37-25(4,5)6)30-24(34)38-26(7,8)9/h13,17-20H,11-12,14H2,1-10H3,(H,27,31)(H2,28,29,30,33,34)/t18-,19+,20+/m0/s1. The summed E-state index contributed by atoms with van der Waals surface area (Å²) >= 11 is 0. The molecule has 0 unspecified atom stereocenters. The number of carbonyl (C=O) groups is 4. The third-order valence-electron chi connectivity index (χ3n) is 5.17. The van der Waals surface area contributed by atoms with Crippen molar-refractivity contribution in [3.63, 3.8) is 0 Å². The molecule has 0 aromatic carbocycles. The maximum absolute atomic E-state index is 12.6. The van der Waals surface area contributed by atoms with Crippen LogP contribution in [0.3, 0.4) is 0 Å². The zero-order valence-electron chi connectivity index (χ0n) is 24.2. The summed E-state index contributed by atoms with van der Waals surface area (Å²) in [6.07, 6.45) is 0.620. The Labute approximate surface area is 225 Å². The fourth-order valence-corrected chi connectivity index (χ4v) is 3.66. The van der Waals surface area contributed by atoms with E-state index in [1.807, 2.05) is 13.8 Å². The van der Waals surface area contributed by atoms with E-state index < -0.39 is 47.5 Å². The van der Waals surface area contributed by atoms with Crippen molar-refractivity contribution in [1.82, 2.24) is 16.0 Å². The van der Waals surface area contributed by atoms with E-state index in [9.17, 15) is 19.2 Å².